The van der Waals surface area contributed by atoms with Crippen LogP contribution in [0.5, 0.6) is 0 Å². The molecule has 0 radical (unpaired) electrons. The Balaban J connectivity index is 1.39. The maximum absolute atomic E-state index is 13.7. The van der Waals surface area contributed by atoms with Crippen LogP contribution in [0.15, 0.2) is 24.3 Å². The van der Waals surface area contributed by atoms with Crippen LogP contribution < -0.4 is 10.6 Å². The van der Waals surface area contributed by atoms with Crippen molar-refractivity contribution in [3.05, 3.63) is 35.0 Å². The van der Waals surface area contributed by atoms with E-state index in [1.165, 1.54) is 0 Å². The SMILES string of the molecule is O=C1NCCC[C@H]1C[C@H](NC(=O)[C@@H]1[C@H]2CCCC[C@H]2CN1C(=O)c1cc2cccc(Cl)c2[nH]1)C(=O)O. The molecule has 10 heteroatoms. The monoisotopic (exact) mass is 514 g/mol. The molecule has 192 valence electrons. The number of amides is 3. The van der Waals surface area contributed by atoms with E-state index < -0.39 is 29.9 Å². The molecule has 3 fully saturated rings. The average molecular weight is 515 g/mol. The molecule has 0 unspecified atom stereocenters. The van der Waals surface area contributed by atoms with E-state index in [0.29, 0.717) is 35.7 Å². The normalized spacial score (nSPS) is 26.8. The third-order valence-corrected chi connectivity index (χ3v) is 8.35. The summed E-state index contributed by atoms with van der Waals surface area (Å²) in [7, 11) is 0. The highest BCUT2D eigenvalue weighted by atomic mass is 35.5. The molecule has 1 aromatic carbocycles. The first-order chi connectivity index (χ1) is 17.3. The number of aromatic nitrogens is 1. The number of hydrogen-bond donors (Lipinski definition) is 4. The average Bonchev–Trinajstić information content (AvgIpc) is 3.47. The Morgan fingerprint density at radius 3 is 2.72 bits per heavy atom. The number of para-hydroxylation sites is 1. The Morgan fingerprint density at radius 1 is 1.17 bits per heavy atom. The minimum absolute atomic E-state index is 0.0249. The minimum atomic E-state index is -1.20. The molecule has 0 spiro atoms. The zero-order valence-corrected chi connectivity index (χ0v) is 20.7. The Labute approximate surface area is 213 Å². The summed E-state index contributed by atoms with van der Waals surface area (Å²) in [6.07, 6.45) is 5.16. The summed E-state index contributed by atoms with van der Waals surface area (Å²) in [4.78, 5) is 56.2. The van der Waals surface area contributed by atoms with Gasteiger partial charge in [0, 0.05) is 24.4 Å². The number of likely N-dealkylation sites (tertiary alicyclic amines) is 1. The Bertz CT molecular complexity index is 1200. The van der Waals surface area contributed by atoms with Gasteiger partial charge in [-0.3, -0.25) is 14.4 Å². The van der Waals surface area contributed by atoms with Gasteiger partial charge in [-0.2, -0.15) is 0 Å². The van der Waals surface area contributed by atoms with E-state index in [0.717, 1.165) is 37.5 Å². The molecule has 0 bridgehead atoms. The highest BCUT2D eigenvalue weighted by Gasteiger charge is 2.49. The lowest BCUT2D eigenvalue weighted by Crippen LogP contribution is -2.54. The van der Waals surface area contributed by atoms with Crippen molar-refractivity contribution in [1.82, 2.24) is 20.5 Å². The first kappa shape index (κ1) is 24.6. The second-order valence-corrected chi connectivity index (χ2v) is 10.7. The van der Waals surface area contributed by atoms with Gasteiger partial charge in [-0.1, -0.05) is 36.6 Å². The van der Waals surface area contributed by atoms with Crippen LogP contribution in [-0.2, 0) is 14.4 Å². The van der Waals surface area contributed by atoms with Crippen molar-refractivity contribution in [2.75, 3.05) is 13.1 Å². The van der Waals surface area contributed by atoms with E-state index in [1.807, 2.05) is 12.1 Å². The van der Waals surface area contributed by atoms with Crippen molar-refractivity contribution in [3.8, 4) is 0 Å². The second-order valence-electron chi connectivity index (χ2n) is 10.3. The molecule has 1 saturated carbocycles. The molecular weight excluding hydrogens is 484 g/mol. The van der Waals surface area contributed by atoms with Crippen LogP contribution in [0, 0.1) is 17.8 Å². The number of carboxylic acid groups (broad SMARTS) is 1. The number of benzene rings is 1. The highest BCUT2D eigenvalue weighted by Crippen LogP contribution is 2.41. The number of nitrogens with one attached hydrogen (secondary N) is 3. The third-order valence-electron chi connectivity index (χ3n) is 8.04. The van der Waals surface area contributed by atoms with Gasteiger partial charge in [0.05, 0.1) is 10.5 Å². The first-order valence-corrected chi connectivity index (χ1v) is 13.1. The van der Waals surface area contributed by atoms with Crippen LogP contribution in [-0.4, -0.2) is 63.9 Å². The highest BCUT2D eigenvalue weighted by molar-refractivity contribution is 6.35. The molecule has 36 heavy (non-hydrogen) atoms. The van der Waals surface area contributed by atoms with Gasteiger partial charge in [-0.15, -0.1) is 0 Å². The van der Waals surface area contributed by atoms with E-state index in [4.69, 9.17) is 11.6 Å². The molecular formula is C26H31ClN4O5. The van der Waals surface area contributed by atoms with E-state index in [1.54, 1.807) is 17.0 Å². The maximum atomic E-state index is 13.7. The van der Waals surface area contributed by atoms with E-state index in [9.17, 15) is 24.3 Å². The molecule has 3 aliphatic rings. The third kappa shape index (κ3) is 4.68. The van der Waals surface area contributed by atoms with Crippen LogP contribution in [0.25, 0.3) is 10.9 Å². The summed E-state index contributed by atoms with van der Waals surface area (Å²) >= 11 is 6.29. The predicted molar refractivity (Wildman–Crippen MR) is 133 cm³/mol. The summed E-state index contributed by atoms with van der Waals surface area (Å²) in [5, 5.41) is 16.6. The fourth-order valence-electron chi connectivity index (χ4n) is 6.23. The molecule has 4 N–H and O–H groups in total. The largest absolute Gasteiger partial charge is 0.480 e. The van der Waals surface area contributed by atoms with Crippen molar-refractivity contribution in [2.45, 2.75) is 57.0 Å². The van der Waals surface area contributed by atoms with Gasteiger partial charge in [-0.25, -0.2) is 4.79 Å². The van der Waals surface area contributed by atoms with Crippen molar-refractivity contribution in [1.29, 1.82) is 0 Å². The molecule has 9 nitrogen and oxygen atoms in total. The Morgan fingerprint density at radius 2 is 1.97 bits per heavy atom. The Hall–Kier alpha value is -3.07. The molecule has 2 aromatic rings. The van der Waals surface area contributed by atoms with E-state index in [-0.39, 0.29) is 30.1 Å². The van der Waals surface area contributed by atoms with Gasteiger partial charge in [-0.05, 0) is 56.1 Å². The number of piperidine rings is 1. The molecule has 5 rings (SSSR count). The molecule has 2 aliphatic heterocycles. The van der Waals surface area contributed by atoms with Crippen LogP contribution in [0.3, 0.4) is 0 Å². The van der Waals surface area contributed by atoms with Crippen molar-refractivity contribution in [2.24, 2.45) is 17.8 Å². The van der Waals surface area contributed by atoms with Crippen molar-refractivity contribution in [3.63, 3.8) is 0 Å². The summed E-state index contributed by atoms with van der Waals surface area (Å²) in [5.41, 5.74) is 1.01. The number of aliphatic carboxylic acids is 1. The van der Waals surface area contributed by atoms with Crippen LogP contribution in [0.2, 0.25) is 5.02 Å². The fraction of sp³-hybridized carbons (Fsp3) is 0.538. The summed E-state index contributed by atoms with van der Waals surface area (Å²) in [6.45, 7) is 1.04. The van der Waals surface area contributed by atoms with Gasteiger partial charge in [0.15, 0.2) is 0 Å². The number of aromatic amines is 1. The number of H-pyrrole nitrogens is 1. The van der Waals surface area contributed by atoms with Gasteiger partial charge in [0.2, 0.25) is 11.8 Å². The number of carboxylic acids is 1. The molecule has 2 saturated heterocycles. The smallest absolute Gasteiger partial charge is 0.326 e. The lowest BCUT2D eigenvalue weighted by Gasteiger charge is -2.31. The topological polar surface area (TPSA) is 132 Å². The number of carbonyl (C=O) groups is 4. The van der Waals surface area contributed by atoms with E-state index in [2.05, 4.69) is 15.6 Å². The van der Waals surface area contributed by atoms with Crippen LogP contribution in [0.1, 0.15) is 55.4 Å². The second kappa shape index (κ2) is 10.1. The van der Waals surface area contributed by atoms with E-state index >= 15 is 0 Å². The predicted octanol–water partition coefficient (Wildman–Crippen LogP) is 2.94. The molecule has 5 atom stereocenters. The molecule has 1 aromatic heterocycles. The van der Waals surface area contributed by atoms with Crippen LogP contribution in [0.4, 0.5) is 0 Å². The van der Waals surface area contributed by atoms with Crippen LogP contribution >= 0.6 is 11.6 Å². The molecule has 1 aliphatic carbocycles. The number of rotatable bonds is 6. The quantitative estimate of drug-likeness (QED) is 0.470. The van der Waals surface area contributed by atoms with Gasteiger partial charge in [0.1, 0.15) is 17.8 Å². The minimum Gasteiger partial charge on any atom is -0.480 e. The van der Waals surface area contributed by atoms with Gasteiger partial charge < -0.3 is 25.6 Å². The standard InChI is InChI=1S/C26H31ClN4O5/c27-18-9-3-6-14-11-19(29-21(14)18)25(34)31-13-16-5-1-2-8-17(16)22(31)24(33)30-20(26(35)36)12-15-7-4-10-28-23(15)32/h3,6,9,11,15-17,20,22,29H,1-2,4-5,7-8,10,12-13H2,(H,28,32)(H,30,33)(H,35,36)/t15-,16-,17-,20-,22-/m0/s1. The summed E-state index contributed by atoms with van der Waals surface area (Å²) < 4.78 is 0. The zero-order valence-electron chi connectivity index (χ0n) is 20.0. The number of carbonyl (C=O) groups excluding carboxylic acids is 3. The summed E-state index contributed by atoms with van der Waals surface area (Å²) in [5.74, 6) is -2.40. The Kier molecular flexibility index (Phi) is 6.92. The van der Waals surface area contributed by atoms with Crippen molar-refractivity contribution >= 4 is 46.2 Å². The fourth-order valence-corrected chi connectivity index (χ4v) is 6.46. The van der Waals surface area contributed by atoms with Gasteiger partial charge in [0.25, 0.3) is 5.91 Å². The molecule has 3 heterocycles. The number of halogens is 1. The maximum Gasteiger partial charge on any atom is 0.326 e. The lowest BCUT2D eigenvalue weighted by atomic mass is 9.78. The lowest BCUT2D eigenvalue weighted by molar-refractivity contribution is -0.143. The summed E-state index contributed by atoms with van der Waals surface area (Å²) in [6, 6.07) is 5.20. The number of nitrogens with zero attached hydrogens (tertiary/aromatic N) is 1. The first-order valence-electron chi connectivity index (χ1n) is 12.7. The van der Waals surface area contributed by atoms with Gasteiger partial charge >= 0.3 is 5.97 Å². The molecule has 3 amide bonds. The van der Waals surface area contributed by atoms with Crippen molar-refractivity contribution < 1.29 is 24.3 Å². The number of fused-ring (bicyclic) bond motifs is 2. The number of hydrogen-bond acceptors (Lipinski definition) is 4. The zero-order chi connectivity index (χ0) is 25.4.